The third-order valence-electron chi connectivity index (χ3n) is 2.55. The molecule has 0 aromatic heterocycles. The maximum Gasteiger partial charge on any atom is 0.402 e. The van der Waals surface area contributed by atoms with Crippen LogP contribution < -0.4 is 5.73 Å². The zero-order valence-electron chi connectivity index (χ0n) is 10.8. The number of benzene rings is 1. The number of nitrogens with zero attached hydrogens (tertiary/aromatic N) is 1. The maximum absolute atomic E-state index is 12.5. The van der Waals surface area contributed by atoms with Crippen LogP contribution in [0.25, 0.3) is 0 Å². The SMILES string of the molecule is NCc1ccc(S(=O)(=O)N(CCO)CC(F)(F)F)c(Cl)c1. The fourth-order valence-electron chi connectivity index (χ4n) is 1.62. The lowest BCUT2D eigenvalue weighted by Gasteiger charge is -2.23. The van der Waals surface area contributed by atoms with Gasteiger partial charge < -0.3 is 10.8 Å². The predicted octanol–water partition coefficient (Wildman–Crippen LogP) is 1.34. The zero-order chi connectivity index (χ0) is 16.3. The molecular weight excluding hydrogens is 333 g/mol. The molecule has 0 radical (unpaired) electrons. The molecular formula is C11H14ClF3N2O3S. The van der Waals surface area contributed by atoms with Crippen LogP contribution in [-0.4, -0.2) is 43.7 Å². The van der Waals surface area contributed by atoms with E-state index in [2.05, 4.69) is 0 Å². The Morgan fingerprint density at radius 3 is 2.38 bits per heavy atom. The Hall–Kier alpha value is -0.870. The second-order valence-electron chi connectivity index (χ2n) is 4.15. The van der Waals surface area contributed by atoms with Gasteiger partial charge in [-0.3, -0.25) is 0 Å². The third kappa shape index (κ3) is 4.82. The first kappa shape index (κ1) is 18.2. The molecule has 0 aliphatic heterocycles. The first-order valence-electron chi connectivity index (χ1n) is 5.78. The van der Waals surface area contributed by atoms with E-state index in [1.807, 2.05) is 0 Å². The number of nitrogens with two attached hydrogens (primary N) is 1. The van der Waals surface area contributed by atoms with Crippen molar-refractivity contribution in [3.05, 3.63) is 28.8 Å². The summed E-state index contributed by atoms with van der Waals surface area (Å²) in [5.41, 5.74) is 5.91. The van der Waals surface area contributed by atoms with Crippen molar-refractivity contribution < 1.29 is 26.7 Å². The highest BCUT2D eigenvalue weighted by molar-refractivity contribution is 7.89. The van der Waals surface area contributed by atoms with Crippen LogP contribution in [-0.2, 0) is 16.6 Å². The van der Waals surface area contributed by atoms with Gasteiger partial charge in [0.1, 0.15) is 11.4 Å². The fourth-order valence-corrected chi connectivity index (χ4v) is 3.57. The van der Waals surface area contributed by atoms with Crippen LogP contribution in [0.15, 0.2) is 23.1 Å². The standard InChI is InChI=1S/C11H14ClF3N2O3S/c12-9-5-8(6-16)1-2-10(9)21(19,20)17(3-4-18)7-11(13,14)15/h1-2,5,18H,3-4,6-7,16H2. The quantitative estimate of drug-likeness (QED) is 0.814. The number of halogens is 4. The molecule has 0 spiro atoms. The largest absolute Gasteiger partial charge is 0.402 e. The normalized spacial score (nSPS) is 12.9. The van der Waals surface area contributed by atoms with E-state index in [4.69, 9.17) is 22.4 Å². The van der Waals surface area contributed by atoms with Gasteiger partial charge in [0, 0.05) is 13.1 Å². The maximum atomic E-state index is 12.5. The van der Waals surface area contributed by atoms with E-state index < -0.39 is 40.8 Å². The summed E-state index contributed by atoms with van der Waals surface area (Å²) in [6.07, 6.45) is -4.73. The van der Waals surface area contributed by atoms with Crippen molar-refractivity contribution in [2.75, 3.05) is 19.7 Å². The van der Waals surface area contributed by atoms with E-state index in [1.54, 1.807) is 0 Å². The van der Waals surface area contributed by atoms with Gasteiger partial charge in [-0.1, -0.05) is 17.7 Å². The Morgan fingerprint density at radius 2 is 1.95 bits per heavy atom. The van der Waals surface area contributed by atoms with Crippen molar-refractivity contribution >= 4 is 21.6 Å². The first-order valence-corrected chi connectivity index (χ1v) is 7.60. The van der Waals surface area contributed by atoms with E-state index >= 15 is 0 Å². The molecule has 1 aromatic rings. The van der Waals surface area contributed by atoms with Gasteiger partial charge in [-0.05, 0) is 17.7 Å². The number of aliphatic hydroxyl groups excluding tert-OH is 1. The monoisotopic (exact) mass is 346 g/mol. The summed E-state index contributed by atoms with van der Waals surface area (Å²) in [4.78, 5) is -0.459. The summed E-state index contributed by atoms with van der Waals surface area (Å²) in [6.45, 7) is -3.02. The summed E-state index contributed by atoms with van der Waals surface area (Å²) in [6, 6.07) is 3.74. The van der Waals surface area contributed by atoms with Crippen LogP contribution >= 0.6 is 11.6 Å². The lowest BCUT2D eigenvalue weighted by atomic mass is 10.2. The molecule has 120 valence electrons. The highest BCUT2D eigenvalue weighted by Crippen LogP contribution is 2.28. The Balaban J connectivity index is 3.22. The van der Waals surface area contributed by atoms with Crippen LogP contribution in [0.3, 0.4) is 0 Å². The van der Waals surface area contributed by atoms with Crippen LogP contribution in [0, 0.1) is 0 Å². The van der Waals surface area contributed by atoms with Gasteiger partial charge in [0.15, 0.2) is 0 Å². The highest BCUT2D eigenvalue weighted by atomic mass is 35.5. The Labute approximate surface area is 125 Å². The summed E-state index contributed by atoms with van der Waals surface area (Å²) >= 11 is 5.80. The molecule has 0 bridgehead atoms. The van der Waals surface area contributed by atoms with Crippen LogP contribution in [0.2, 0.25) is 5.02 Å². The van der Waals surface area contributed by atoms with Crippen molar-refractivity contribution in [3.63, 3.8) is 0 Å². The van der Waals surface area contributed by atoms with E-state index in [0.29, 0.717) is 5.56 Å². The van der Waals surface area contributed by atoms with E-state index in [9.17, 15) is 21.6 Å². The van der Waals surface area contributed by atoms with Crippen LogP contribution in [0.1, 0.15) is 5.56 Å². The second kappa shape index (κ2) is 6.93. The minimum absolute atomic E-state index is 0.114. The van der Waals surface area contributed by atoms with Crippen molar-refractivity contribution in [1.82, 2.24) is 4.31 Å². The lowest BCUT2D eigenvalue weighted by Crippen LogP contribution is -2.40. The Morgan fingerprint density at radius 1 is 1.33 bits per heavy atom. The smallest absolute Gasteiger partial charge is 0.395 e. The Kier molecular flexibility index (Phi) is 6.00. The molecule has 0 fully saturated rings. The number of alkyl halides is 3. The van der Waals surface area contributed by atoms with Gasteiger partial charge >= 0.3 is 6.18 Å². The Bertz CT molecular complexity index is 593. The van der Waals surface area contributed by atoms with Crippen molar-refractivity contribution in [3.8, 4) is 0 Å². The molecule has 1 aromatic carbocycles. The van der Waals surface area contributed by atoms with Crippen molar-refractivity contribution in [2.45, 2.75) is 17.6 Å². The van der Waals surface area contributed by atoms with Crippen molar-refractivity contribution in [2.24, 2.45) is 5.73 Å². The molecule has 1 rings (SSSR count). The fraction of sp³-hybridized carbons (Fsp3) is 0.455. The van der Waals surface area contributed by atoms with Gasteiger partial charge in [-0.15, -0.1) is 0 Å². The van der Waals surface area contributed by atoms with Gasteiger partial charge in [0.05, 0.1) is 11.6 Å². The second-order valence-corrected chi connectivity index (χ2v) is 6.46. The topological polar surface area (TPSA) is 83.6 Å². The number of aliphatic hydroxyl groups is 1. The molecule has 0 aliphatic rings. The van der Waals surface area contributed by atoms with Gasteiger partial charge in [0.25, 0.3) is 0 Å². The number of rotatable bonds is 6. The zero-order valence-corrected chi connectivity index (χ0v) is 12.3. The van der Waals surface area contributed by atoms with E-state index in [-0.39, 0.29) is 15.9 Å². The summed E-state index contributed by atoms with van der Waals surface area (Å²) in [5, 5.41) is 8.55. The first-order chi connectivity index (χ1) is 9.61. The lowest BCUT2D eigenvalue weighted by molar-refractivity contribution is -0.136. The third-order valence-corrected chi connectivity index (χ3v) is 4.88. The van der Waals surface area contributed by atoms with Crippen LogP contribution in [0.5, 0.6) is 0 Å². The van der Waals surface area contributed by atoms with Crippen molar-refractivity contribution in [1.29, 1.82) is 0 Å². The molecule has 10 heteroatoms. The van der Waals surface area contributed by atoms with Crippen LogP contribution in [0.4, 0.5) is 13.2 Å². The van der Waals surface area contributed by atoms with Gasteiger partial charge in [-0.25, -0.2) is 8.42 Å². The molecule has 5 nitrogen and oxygen atoms in total. The summed E-state index contributed by atoms with van der Waals surface area (Å²) in [5.74, 6) is 0. The van der Waals surface area contributed by atoms with Gasteiger partial charge in [0.2, 0.25) is 10.0 Å². The summed E-state index contributed by atoms with van der Waals surface area (Å²) in [7, 11) is -4.47. The van der Waals surface area contributed by atoms with Gasteiger partial charge in [-0.2, -0.15) is 17.5 Å². The molecule has 0 saturated carbocycles. The molecule has 0 atom stereocenters. The molecule has 21 heavy (non-hydrogen) atoms. The molecule has 3 N–H and O–H groups in total. The summed E-state index contributed by atoms with van der Waals surface area (Å²) < 4.78 is 61.9. The minimum atomic E-state index is -4.73. The molecule has 0 amide bonds. The molecule has 0 saturated heterocycles. The average Bonchev–Trinajstić information content (AvgIpc) is 2.36. The molecule has 0 unspecified atom stereocenters. The molecule has 0 aliphatic carbocycles. The highest BCUT2D eigenvalue weighted by Gasteiger charge is 2.37. The number of hydrogen-bond donors (Lipinski definition) is 2. The van der Waals surface area contributed by atoms with E-state index in [1.165, 1.54) is 12.1 Å². The van der Waals surface area contributed by atoms with E-state index in [0.717, 1.165) is 6.07 Å². The minimum Gasteiger partial charge on any atom is -0.395 e. The number of sulfonamides is 1. The predicted molar refractivity (Wildman–Crippen MR) is 71.2 cm³/mol. The average molecular weight is 347 g/mol. The molecule has 0 heterocycles. The number of hydrogen-bond acceptors (Lipinski definition) is 4.